The van der Waals surface area contributed by atoms with Gasteiger partial charge in [0.15, 0.2) is 15.6 Å². The third kappa shape index (κ3) is 4.62. The smallest absolute Gasteiger partial charge is 0.289 e. The molecule has 7 heteroatoms. The number of carbonyl (C=O) groups is 1. The van der Waals surface area contributed by atoms with Crippen LogP contribution in [0, 0.1) is 6.92 Å². The van der Waals surface area contributed by atoms with Gasteiger partial charge in [-0.25, -0.2) is 8.42 Å². The maximum atomic E-state index is 12.9. The Morgan fingerprint density at radius 2 is 1.77 bits per heavy atom. The van der Waals surface area contributed by atoms with Gasteiger partial charge in [-0.1, -0.05) is 24.6 Å². The molecule has 6 nitrogen and oxygen atoms in total. The van der Waals surface area contributed by atoms with Gasteiger partial charge in [-0.15, -0.1) is 0 Å². The maximum Gasteiger partial charge on any atom is 0.289 e. The molecule has 2 heterocycles. The number of aryl methyl sites for hydroxylation is 1. The van der Waals surface area contributed by atoms with Crippen molar-refractivity contribution >= 4 is 15.7 Å². The SMILES string of the molecule is Cc1ccccc1S(=O)(=O)Cc1ccc(C(=O)N2CC[NH+](C3CCCCC3)CC2)o1. The summed E-state index contributed by atoms with van der Waals surface area (Å²) in [4.78, 5) is 16.6. The average Bonchev–Trinajstić information content (AvgIpc) is 3.22. The van der Waals surface area contributed by atoms with Crippen LogP contribution in [-0.4, -0.2) is 51.4 Å². The zero-order chi connectivity index (χ0) is 21.1. The fourth-order valence-corrected chi connectivity index (χ4v) is 6.34. The van der Waals surface area contributed by atoms with E-state index in [4.69, 9.17) is 4.42 Å². The van der Waals surface area contributed by atoms with Crippen LogP contribution in [0.5, 0.6) is 0 Å². The minimum absolute atomic E-state index is 0.141. The number of rotatable bonds is 5. The van der Waals surface area contributed by atoms with Gasteiger partial charge in [-0.2, -0.15) is 0 Å². The van der Waals surface area contributed by atoms with Gasteiger partial charge in [-0.05, 0) is 56.4 Å². The molecular formula is C23H31N2O4S+. The van der Waals surface area contributed by atoms with Gasteiger partial charge in [0.25, 0.3) is 5.91 Å². The Hall–Kier alpha value is -2.12. The second-order valence-electron chi connectivity index (χ2n) is 8.58. The molecule has 4 rings (SSSR count). The second-order valence-corrected chi connectivity index (χ2v) is 10.5. The van der Waals surface area contributed by atoms with Crippen molar-refractivity contribution in [3.8, 4) is 0 Å². The van der Waals surface area contributed by atoms with E-state index in [1.807, 2.05) is 11.0 Å². The van der Waals surface area contributed by atoms with Crippen molar-refractivity contribution in [1.29, 1.82) is 0 Å². The van der Waals surface area contributed by atoms with Crippen molar-refractivity contribution in [2.45, 2.75) is 55.7 Å². The Morgan fingerprint density at radius 3 is 2.47 bits per heavy atom. The van der Waals surface area contributed by atoms with Crippen LogP contribution >= 0.6 is 0 Å². The van der Waals surface area contributed by atoms with Crippen LogP contribution in [0.1, 0.15) is 54.0 Å². The first-order valence-corrected chi connectivity index (χ1v) is 12.6. The highest BCUT2D eigenvalue weighted by Gasteiger charge is 2.31. The van der Waals surface area contributed by atoms with Gasteiger partial charge < -0.3 is 14.2 Å². The topological polar surface area (TPSA) is 72.0 Å². The van der Waals surface area contributed by atoms with Crippen LogP contribution < -0.4 is 4.90 Å². The standard InChI is InChI=1S/C23H30N2O4S/c1-18-7-5-6-10-22(18)30(27,28)17-20-11-12-21(29-20)23(26)25-15-13-24(14-16-25)19-8-3-2-4-9-19/h5-7,10-12,19H,2-4,8-9,13-17H2,1H3/p+1. The number of benzene rings is 1. The van der Waals surface area contributed by atoms with Crippen LogP contribution in [0.4, 0.5) is 0 Å². The Balaban J connectivity index is 1.37. The molecule has 0 bridgehead atoms. The highest BCUT2D eigenvalue weighted by molar-refractivity contribution is 7.90. The minimum Gasteiger partial charge on any atom is -0.455 e. The van der Waals surface area contributed by atoms with Gasteiger partial charge >= 0.3 is 0 Å². The summed E-state index contributed by atoms with van der Waals surface area (Å²) in [6.07, 6.45) is 6.63. The monoisotopic (exact) mass is 431 g/mol. The highest BCUT2D eigenvalue weighted by Crippen LogP contribution is 2.22. The van der Waals surface area contributed by atoms with Crippen LogP contribution in [0.3, 0.4) is 0 Å². The van der Waals surface area contributed by atoms with E-state index in [0.29, 0.717) is 16.2 Å². The van der Waals surface area contributed by atoms with Crippen LogP contribution in [0.2, 0.25) is 0 Å². The molecule has 1 aliphatic carbocycles. The number of furan rings is 1. The molecular weight excluding hydrogens is 400 g/mol. The van der Waals surface area contributed by atoms with Crippen LogP contribution in [0.15, 0.2) is 45.7 Å². The predicted molar refractivity (Wildman–Crippen MR) is 114 cm³/mol. The zero-order valence-electron chi connectivity index (χ0n) is 17.6. The number of sulfone groups is 1. The lowest BCUT2D eigenvalue weighted by molar-refractivity contribution is -0.930. The first-order valence-electron chi connectivity index (χ1n) is 10.9. The third-order valence-electron chi connectivity index (χ3n) is 6.51. The summed E-state index contributed by atoms with van der Waals surface area (Å²) in [6.45, 7) is 5.18. The average molecular weight is 432 g/mol. The first-order chi connectivity index (χ1) is 14.4. The number of hydrogen-bond donors (Lipinski definition) is 1. The molecule has 0 atom stereocenters. The van der Waals surface area contributed by atoms with E-state index in [-0.39, 0.29) is 17.4 Å². The number of carbonyl (C=O) groups excluding carboxylic acids is 1. The highest BCUT2D eigenvalue weighted by atomic mass is 32.2. The second kappa shape index (κ2) is 8.94. The van der Waals surface area contributed by atoms with Crippen LogP contribution in [-0.2, 0) is 15.6 Å². The quantitative estimate of drug-likeness (QED) is 0.788. The predicted octanol–water partition coefficient (Wildman–Crippen LogP) is 2.24. The molecule has 0 radical (unpaired) electrons. The van der Waals surface area contributed by atoms with Crippen molar-refractivity contribution in [2.75, 3.05) is 26.2 Å². The number of amides is 1. The summed E-state index contributed by atoms with van der Waals surface area (Å²) < 4.78 is 31.1. The molecule has 30 heavy (non-hydrogen) atoms. The minimum atomic E-state index is -3.52. The van der Waals surface area contributed by atoms with Gasteiger partial charge in [-0.3, -0.25) is 4.79 Å². The fourth-order valence-electron chi connectivity index (χ4n) is 4.81. The molecule has 2 aromatic rings. The molecule has 2 aliphatic rings. The van der Waals surface area contributed by atoms with E-state index in [2.05, 4.69) is 0 Å². The summed E-state index contributed by atoms with van der Waals surface area (Å²) in [6, 6.07) is 10.9. The van der Waals surface area contributed by atoms with Gasteiger partial charge in [0.2, 0.25) is 0 Å². The summed E-state index contributed by atoms with van der Waals surface area (Å²) in [5.74, 6) is 0.140. The molecule has 0 spiro atoms. The molecule has 1 saturated heterocycles. The summed E-state index contributed by atoms with van der Waals surface area (Å²) in [5.41, 5.74) is 0.707. The lowest BCUT2D eigenvalue weighted by Crippen LogP contribution is -3.18. The van der Waals surface area contributed by atoms with Crippen molar-refractivity contribution in [3.63, 3.8) is 0 Å². The first kappa shape index (κ1) is 21.1. The molecule has 0 unspecified atom stereocenters. The van der Waals surface area contributed by atoms with Gasteiger partial charge in [0.05, 0.1) is 37.1 Å². The number of nitrogens with one attached hydrogen (secondary N) is 1. The number of piperazine rings is 1. The Labute approximate surface area is 178 Å². The van der Waals surface area contributed by atoms with E-state index in [0.717, 1.165) is 32.2 Å². The number of hydrogen-bond acceptors (Lipinski definition) is 4. The number of nitrogens with zero attached hydrogens (tertiary/aromatic N) is 1. The Bertz CT molecular complexity index is 984. The van der Waals surface area contributed by atoms with E-state index < -0.39 is 9.84 Å². The van der Waals surface area contributed by atoms with Crippen LogP contribution in [0.25, 0.3) is 0 Å². The molecule has 1 saturated carbocycles. The van der Waals surface area contributed by atoms with Crippen molar-refractivity contribution in [1.82, 2.24) is 4.90 Å². The molecule has 1 N–H and O–H groups in total. The lowest BCUT2D eigenvalue weighted by Gasteiger charge is -2.37. The van der Waals surface area contributed by atoms with E-state index >= 15 is 0 Å². The van der Waals surface area contributed by atoms with Crippen molar-refractivity contribution < 1.29 is 22.5 Å². The Kier molecular flexibility index (Phi) is 6.29. The van der Waals surface area contributed by atoms with Gasteiger partial charge in [0.1, 0.15) is 11.5 Å². The van der Waals surface area contributed by atoms with E-state index in [1.54, 1.807) is 42.2 Å². The lowest BCUT2D eigenvalue weighted by atomic mass is 9.94. The summed E-state index contributed by atoms with van der Waals surface area (Å²) in [7, 11) is -3.52. The van der Waals surface area contributed by atoms with E-state index in [9.17, 15) is 13.2 Å². The molecule has 1 aromatic heterocycles. The summed E-state index contributed by atoms with van der Waals surface area (Å²) >= 11 is 0. The molecule has 162 valence electrons. The molecule has 1 aliphatic heterocycles. The molecule has 1 amide bonds. The fraction of sp³-hybridized carbons (Fsp3) is 0.522. The zero-order valence-corrected chi connectivity index (χ0v) is 18.4. The summed E-state index contributed by atoms with van der Waals surface area (Å²) in [5, 5.41) is 0. The Morgan fingerprint density at radius 1 is 1.07 bits per heavy atom. The van der Waals surface area contributed by atoms with Gasteiger partial charge in [0, 0.05) is 0 Å². The molecule has 2 fully saturated rings. The number of quaternary nitrogens is 1. The van der Waals surface area contributed by atoms with Crippen molar-refractivity contribution in [3.05, 3.63) is 53.5 Å². The maximum absolute atomic E-state index is 12.9. The third-order valence-corrected chi connectivity index (χ3v) is 8.30. The van der Waals surface area contributed by atoms with Crippen molar-refractivity contribution in [2.24, 2.45) is 0 Å². The molecule has 1 aromatic carbocycles. The normalized spacial score (nSPS) is 19.2. The van der Waals surface area contributed by atoms with E-state index in [1.165, 1.54) is 32.1 Å². The largest absolute Gasteiger partial charge is 0.455 e.